The Kier molecular flexibility index (Phi) is 6.50. The first-order valence-electron chi connectivity index (χ1n) is 10.9. The summed E-state index contributed by atoms with van der Waals surface area (Å²) in [5.74, 6) is 1.22. The number of halogens is 1. The third kappa shape index (κ3) is 4.63. The number of aromatic nitrogens is 5. The first-order valence-corrected chi connectivity index (χ1v) is 11.3. The Morgan fingerprint density at radius 3 is 2.61 bits per heavy atom. The minimum atomic E-state index is -0.0780. The van der Waals surface area contributed by atoms with Gasteiger partial charge in [0.25, 0.3) is 0 Å². The molecule has 172 valence electrons. The highest BCUT2D eigenvalue weighted by molar-refractivity contribution is 6.30. The van der Waals surface area contributed by atoms with Crippen molar-refractivity contribution in [3.63, 3.8) is 0 Å². The van der Waals surface area contributed by atoms with E-state index in [-0.39, 0.29) is 11.8 Å². The van der Waals surface area contributed by atoms with Crippen LogP contribution in [-0.2, 0) is 18.4 Å². The predicted molar refractivity (Wildman–Crippen MR) is 130 cm³/mol. The molecule has 0 bridgehead atoms. The highest BCUT2D eigenvalue weighted by Gasteiger charge is 2.34. The summed E-state index contributed by atoms with van der Waals surface area (Å²) in [6, 6.07) is 9.45. The Morgan fingerprint density at radius 2 is 1.94 bits per heavy atom. The average molecular weight is 467 g/mol. The van der Waals surface area contributed by atoms with E-state index in [1.54, 1.807) is 9.20 Å². The molecule has 1 aliphatic heterocycles. The third-order valence-electron chi connectivity index (χ3n) is 5.49. The Labute approximate surface area is 197 Å². The number of benzene rings is 1. The molecule has 4 heterocycles. The third-order valence-corrected chi connectivity index (χ3v) is 5.74. The van der Waals surface area contributed by atoms with Gasteiger partial charge in [-0.25, -0.2) is 9.50 Å². The van der Waals surface area contributed by atoms with Crippen molar-refractivity contribution >= 4 is 34.7 Å². The number of carbonyl (C=O) groups excluding carboxylic acids is 1. The average Bonchev–Trinajstić information content (AvgIpc) is 3.36. The summed E-state index contributed by atoms with van der Waals surface area (Å²) in [7, 11) is 1.83. The van der Waals surface area contributed by atoms with E-state index in [1.807, 2.05) is 63.6 Å². The van der Waals surface area contributed by atoms with Gasteiger partial charge in [0, 0.05) is 55.2 Å². The van der Waals surface area contributed by atoms with Crippen LogP contribution in [0.4, 0.5) is 11.6 Å². The number of nitrogens with one attached hydrogen (secondary N) is 1. The summed E-state index contributed by atoms with van der Waals surface area (Å²) >= 11 is 5.90. The van der Waals surface area contributed by atoms with Crippen molar-refractivity contribution in [1.29, 1.82) is 0 Å². The molecule has 33 heavy (non-hydrogen) atoms. The summed E-state index contributed by atoms with van der Waals surface area (Å²) in [6.07, 6.45) is 5.30. The number of fused-ring (bicyclic) bond motifs is 1. The molecule has 1 amide bonds. The fourth-order valence-electron chi connectivity index (χ4n) is 3.79. The lowest BCUT2D eigenvalue weighted by Crippen LogP contribution is -2.54. The first kappa shape index (κ1) is 22.6. The summed E-state index contributed by atoms with van der Waals surface area (Å²) < 4.78 is 3.46. The normalized spacial score (nSPS) is 13.4. The van der Waals surface area contributed by atoms with Crippen LogP contribution in [0.15, 0.2) is 49.1 Å². The van der Waals surface area contributed by atoms with Gasteiger partial charge in [0.05, 0.1) is 5.92 Å². The molecule has 0 unspecified atom stereocenters. The van der Waals surface area contributed by atoms with E-state index in [4.69, 9.17) is 17.3 Å². The van der Waals surface area contributed by atoms with E-state index in [0.717, 1.165) is 28.0 Å². The molecule has 1 saturated heterocycles. The molecule has 9 nitrogen and oxygen atoms in total. The van der Waals surface area contributed by atoms with Crippen LogP contribution in [-0.4, -0.2) is 43.4 Å². The van der Waals surface area contributed by atoms with E-state index in [2.05, 4.69) is 25.4 Å². The second-order valence-corrected chi connectivity index (χ2v) is 8.13. The molecule has 0 radical (unpaired) electrons. The Hall–Kier alpha value is -3.59. The van der Waals surface area contributed by atoms with Gasteiger partial charge in [-0.2, -0.15) is 10.2 Å². The predicted octanol–water partition coefficient (Wildman–Crippen LogP) is 3.14. The summed E-state index contributed by atoms with van der Waals surface area (Å²) in [5.41, 5.74) is 9.67. The SMILES string of the molecule is CC.Cn1cc(-c2cc3c(N4CC(C(=O)NCc5ccc(Cl)cc5)C4)ncnn3c2)c(N)n1. The zero-order valence-corrected chi connectivity index (χ0v) is 19.6. The molecule has 0 saturated carbocycles. The number of anilines is 2. The van der Waals surface area contributed by atoms with Crippen molar-refractivity contribution in [2.45, 2.75) is 20.4 Å². The van der Waals surface area contributed by atoms with Gasteiger partial charge in [0.15, 0.2) is 11.6 Å². The van der Waals surface area contributed by atoms with Crippen LogP contribution in [0.2, 0.25) is 5.02 Å². The van der Waals surface area contributed by atoms with Crippen LogP contribution in [0.5, 0.6) is 0 Å². The van der Waals surface area contributed by atoms with Crippen LogP contribution >= 0.6 is 11.6 Å². The van der Waals surface area contributed by atoms with Gasteiger partial charge in [-0.05, 0) is 23.8 Å². The molecular formula is C23H27ClN8O. The smallest absolute Gasteiger partial charge is 0.226 e. The molecule has 3 aromatic heterocycles. The van der Waals surface area contributed by atoms with Crippen molar-refractivity contribution in [1.82, 2.24) is 29.7 Å². The number of hydrogen-bond acceptors (Lipinski definition) is 6. The Balaban J connectivity index is 0.00000126. The number of rotatable bonds is 5. The van der Waals surface area contributed by atoms with Gasteiger partial charge in [0.2, 0.25) is 5.91 Å². The highest BCUT2D eigenvalue weighted by atomic mass is 35.5. The van der Waals surface area contributed by atoms with E-state index < -0.39 is 0 Å². The van der Waals surface area contributed by atoms with Gasteiger partial charge in [-0.15, -0.1) is 0 Å². The zero-order valence-electron chi connectivity index (χ0n) is 18.9. The summed E-state index contributed by atoms with van der Waals surface area (Å²) in [6.45, 7) is 5.70. The maximum absolute atomic E-state index is 12.5. The molecule has 4 aromatic rings. The monoisotopic (exact) mass is 466 g/mol. The van der Waals surface area contributed by atoms with Crippen LogP contribution in [0.25, 0.3) is 16.6 Å². The van der Waals surface area contributed by atoms with Crippen molar-refractivity contribution in [2.24, 2.45) is 13.0 Å². The second kappa shape index (κ2) is 9.50. The second-order valence-electron chi connectivity index (χ2n) is 7.69. The summed E-state index contributed by atoms with van der Waals surface area (Å²) in [5, 5.41) is 12.2. The van der Waals surface area contributed by atoms with Crippen molar-refractivity contribution < 1.29 is 4.79 Å². The number of nitrogens with two attached hydrogens (primary N) is 1. The van der Waals surface area contributed by atoms with Gasteiger partial charge in [-0.3, -0.25) is 9.48 Å². The maximum atomic E-state index is 12.5. The molecular weight excluding hydrogens is 440 g/mol. The lowest BCUT2D eigenvalue weighted by atomic mass is 9.99. The number of nitrogens with zero attached hydrogens (tertiary/aromatic N) is 6. The zero-order chi connectivity index (χ0) is 23.5. The van der Waals surface area contributed by atoms with Gasteiger partial charge >= 0.3 is 0 Å². The summed E-state index contributed by atoms with van der Waals surface area (Å²) in [4.78, 5) is 19.1. The number of carbonyl (C=O) groups is 1. The molecule has 0 spiro atoms. The van der Waals surface area contributed by atoms with Crippen molar-refractivity contribution in [3.05, 3.63) is 59.6 Å². The molecule has 0 aliphatic carbocycles. The standard InChI is InChI=1S/C21H21ClN8O.C2H6/c1-28-11-17(19(23)27-28)14-6-18-20(25-12-26-30(18)10-14)29-8-15(9-29)21(31)24-7-13-2-4-16(22)5-3-13;1-2/h2-6,10-12,15H,7-9H2,1H3,(H2,23,27)(H,24,31);1-2H3. The lowest BCUT2D eigenvalue weighted by Gasteiger charge is -2.39. The van der Waals surface area contributed by atoms with Gasteiger partial charge < -0.3 is 16.0 Å². The van der Waals surface area contributed by atoms with Gasteiger partial charge in [-0.1, -0.05) is 37.6 Å². The fourth-order valence-corrected chi connectivity index (χ4v) is 3.91. The fraction of sp³-hybridized carbons (Fsp3) is 0.304. The molecule has 1 aliphatic rings. The molecule has 3 N–H and O–H groups in total. The minimum Gasteiger partial charge on any atom is -0.382 e. The number of nitrogen functional groups attached to an aromatic ring is 1. The highest BCUT2D eigenvalue weighted by Crippen LogP contribution is 2.32. The van der Waals surface area contributed by atoms with Crippen molar-refractivity contribution in [2.75, 3.05) is 23.7 Å². The Morgan fingerprint density at radius 1 is 1.21 bits per heavy atom. The van der Waals surface area contributed by atoms with Crippen LogP contribution in [0.1, 0.15) is 19.4 Å². The largest absolute Gasteiger partial charge is 0.382 e. The van der Waals surface area contributed by atoms with Crippen LogP contribution in [0.3, 0.4) is 0 Å². The van der Waals surface area contributed by atoms with E-state index in [9.17, 15) is 4.79 Å². The van der Waals surface area contributed by atoms with Gasteiger partial charge in [0.1, 0.15) is 11.8 Å². The number of amides is 1. The molecule has 5 rings (SSSR count). The molecule has 1 fully saturated rings. The first-order chi connectivity index (χ1) is 16.0. The quantitative estimate of drug-likeness (QED) is 0.468. The Bertz CT molecular complexity index is 1260. The van der Waals surface area contributed by atoms with E-state index in [1.165, 1.54) is 6.33 Å². The molecule has 0 atom stereocenters. The lowest BCUT2D eigenvalue weighted by molar-refractivity contribution is -0.125. The van der Waals surface area contributed by atoms with E-state index in [0.29, 0.717) is 30.5 Å². The number of aryl methyl sites for hydroxylation is 1. The number of hydrogen-bond donors (Lipinski definition) is 2. The van der Waals surface area contributed by atoms with Crippen molar-refractivity contribution in [3.8, 4) is 11.1 Å². The van der Waals surface area contributed by atoms with E-state index >= 15 is 0 Å². The molecule has 1 aromatic carbocycles. The maximum Gasteiger partial charge on any atom is 0.226 e. The topological polar surface area (TPSA) is 106 Å². The van der Waals surface area contributed by atoms with Crippen LogP contribution < -0.4 is 16.0 Å². The molecule has 10 heteroatoms. The minimum absolute atomic E-state index is 0.0375. The van der Waals surface area contributed by atoms with Crippen LogP contribution in [0, 0.1) is 5.92 Å².